The van der Waals surface area contributed by atoms with Crippen LogP contribution in [0.15, 0.2) is 12.4 Å². The van der Waals surface area contributed by atoms with Gasteiger partial charge in [-0.2, -0.15) is 16.9 Å². The highest BCUT2D eigenvalue weighted by atomic mass is 32.2. The molecule has 1 aromatic heterocycles. The van der Waals surface area contributed by atoms with Crippen LogP contribution < -0.4 is 5.32 Å². The van der Waals surface area contributed by atoms with Crippen LogP contribution in [0.25, 0.3) is 0 Å². The molecule has 2 N–H and O–H groups in total. The summed E-state index contributed by atoms with van der Waals surface area (Å²) in [5.41, 5.74) is -0.226. The summed E-state index contributed by atoms with van der Waals surface area (Å²) in [5, 5.41) is 17.2. The van der Waals surface area contributed by atoms with E-state index in [1.807, 2.05) is 18.1 Å². The summed E-state index contributed by atoms with van der Waals surface area (Å²) in [4.78, 5) is 14.2. The zero-order valence-corrected chi connectivity index (χ0v) is 14.1. The van der Waals surface area contributed by atoms with Gasteiger partial charge in [0.2, 0.25) is 0 Å². The van der Waals surface area contributed by atoms with Crippen molar-refractivity contribution in [1.29, 1.82) is 0 Å². The topological polar surface area (TPSA) is 70.4 Å². The molecule has 2 fully saturated rings. The standard InChI is InChI=1S/C15H23FN4O2S/c1-19-7-11(5-18-19)8-20-9-12(16)4-13(20)6-17-14(21)15(22)2-3-23-10-15/h5,7,12-13,22H,2-4,6,8-10H2,1H3,(H,17,21)/t12-,13-,15-/m0/s1. The van der Waals surface area contributed by atoms with E-state index >= 15 is 0 Å². The van der Waals surface area contributed by atoms with Gasteiger partial charge in [-0.25, -0.2) is 4.39 Å². The van der Waals surface area contributed by atoms with Crippen LogP contribution in [0, 0.1) is 0 Å². The molecular formula is C15H23FN4O2S. The monoisotopic (exact) mass is 342 g/mol. The van der Waals surface area contributed by atoms with Gasteiger partial charge in [-0.05, 0) is 18.6 Å². The van der Waals surface area contributed by atoms with E-state index in [1.165, 1.54) is 0 Å². The molecule has 1 aromatic rings. The first kappa shape index (κ1) is 16.7. The van der Waals surface area contributed by atoms with E-state index in [1.54, 1.807) is 22.6 Å². The third-order valence-corrected chi connectivity index (χ3v) is 5.72. The highest BCUT2D eigenvalue weighted by molar-refractivity contribution is 7.99. The molecule has 128 valence electrons. The molecule has 0 spiro atoms. The van der Waals surface area contributed by atoms with Crippen molar-refractivity contribution in [2.24, 2.45) is 7.05 Å². The maximum atomic E-state index is 13.8. The molecule has 2 aliphatic rings. The molecule has 3 heterocycles. The van der Waals surface area contributed by atoms with Gasteiger partial charge in [0.25, 0.3) is 5.91 Å². The number of rotatable bonds is 5. The normalized spacial score (nSPS) is 31.6. The number of nitrogens with zero attached hydrogens (tertiary/aromatic N) is 3. The highest BCUT2D eigenvalue weighted by Gasteiger charge is 2.40. The van der Waals surface area contributed by atoms with Crippen molar-refractivity contribution in [2.75, 3.05) is 24.6 Å². The first-order valence-electron chi connectivity index (χ1n) is 7.90. The Morgan fingerprint density at radius 3 is 3.13 bits per heavy atom. The van der Waals surface area contributed by atoms with Crippen LogP contribution in [0.1, 0.15) is 18.4 Å². The smallest absolute Gasteiger partial charge is 0.252 e. The van der Waals surface area contributed by atoms with Gasteiger partial charge < -0.3 is 10.4 Å². The molecular weight excluding hydrogens is 319 g/mol. The molecule has 3 rings (SSSR count). The molecule has 0 bridgehead atoms. The molecule has 3 atom stereocenters. The summed E-state index contributed by atoms with van der Waals surface area (Å²) in [5.74, 6) is 0.910. The second-order valence-electron chi connectivity index (χ2n) is 6.48. The number of aliphatic hydroxyl groups is 1. The molecule has 0 radical (unpaired) electrons. The van der Waals surface area contributed by atoms with E-state index in [-0.39, 0.29) is 11.9 Å². The molecule has 8 heteroatoms. The quantitative estimate of drug-likeness (QED) is 0.806. The largest absolute Gasteiger partial charge is 0.379 e. The second-order valence-corrected chi connectivity index (χ2v) is 7.59. The van der Waals surface area contributed by atoms with E-state index in [9.17, 15) is 14.3 Å². The van der Waals surface area contributed by atoms with Gasteiger partial charge in [0.15, 0.2) is 5.60 Å². The first-order chi connectivity index (χ1) is 11.0. The molecule has 0 saturated carbocycles. The maximum Gasteiger partial charge on any atom is 0.252 e. The van der Waals surface area contributed by atoms with Crippen molar-refractivity contribution in [3.8, 4) is 0 Å². The van der Waals surface area contributed by atoms with E-state index in [4.69, 9.17) is 0 Å². The van der Waals surface area contributed by atoms with Gasteiger partial charge in [0, 0.05) is 50.2 Å². The number of halogens is 1. The van der Waals surface area contributed by atoms with Crippen LogP contribution in [0.3, 0.4) is 0 Å². The molecule has 0 aromatic carbocycles. The van der Waals surface area contributed by atoms with Gasteiger partial charge in [-0.15, -0.1) is 0 Å². The number of hydrogen-bond donors (Lipinski definition) is 2. The lowest BCUT2D eigenvalue weighted by molar-refractivity contribution is -0.137. The van der Waals surface area contributed by atoms with E-state index in [0.29, 0.717) is 38.2 Å². The summed E-state index contributed by atoms with van der Waals surface area (Å²) >= 11 is 1.58. The van der Waals surface area contributed by atoms with Gasteiger partial charge in [0.1, 0.15) is 6.17 Å². The number of nitrogens with one attached hydrogen (secondary N) is 1. The van der Waals surface area contributed by atoms with Crippen LogP contribution in [0.4, 0.5) is 4.39 Å². The Kier molecular flexibility index (Phi) is 4.93. The molecule has 0 unspecified atom stereocenters. The Hall–Kier alpha value is -1.12. The van der Waals surface area contributed by atoms with Crippen molar-refractivity contribution in [3.63, 3.8) is 0 Å². The fourth-order valence-corrected chi connectivity index (χ4v) is 4.46. The number of hydrogen-bond acceptors (Lipinski definition) is 5. The lowest BCUT2D eigenvalue weighted by Crippen LogP contribution is -2.50. The summed E-state index contributed by atoms with van der Waals surface area (Å²) in [6.07, 6.45) is 3.71. The minimum atomic E-state index is -1.26. The summed E-state index contributed by atoms with van der Waals surface area (Å²) in [7, 11) is 1.85. The van der Waals surface area contributed by atoms with Crippen molar-refractivity contribution < 1.29 is 14.3 Å². The lowest BCUT2D eigenvalue weighted by atomic mass is 10.0. The van der Waals surface area contributed by atoms with Crippen LogP contribution >= 0.6 is 11.8 Å². The minimum Gasteiger partial charge on any atom is -0.379 e. The van der Waals surface area contributed by atoms with Crippen molar-refractivity contribution in [2.45, 2.75) is 37.2 Å². The van der Waals surface area contributed by atoms with E-state index in [0.717, 1.165) is 11.3 Å². The molecule has 2 aliphatic heterocycles. The van der Waals surface area contributed by atoms with Gasteiger partial charge >= 0.3 is 0 Å². The lowest BCUT2D eigenvalue weighted by Gasteiger charge is -2.26. The molecule has 1 amide bonds. The third kappa shape index (κ3) is 3.87. The Morgan fingerprint density at radius 2 is 2.48 bits per heavy atom. The third-order valence-electron chi connectivity index (χ3n) is 4.54. The van der Waals surface area contributed by atoms with Gasteiger partial charge in [-0.3, -0.25) is 14.4 Å². The summed E-state index contributed by atoms with van der Waals surface area (Å²) in [6, 6.07) is -0.0492. The number of carbonyl (C=O) groups is 1. The van der Waals surface area contributed by atoms with Crippen LogP contribution in [0.2, 0.25) is 0 Å². The summed E-state index contributed by atoms with van der Waals surface area (Å²) in [6.45, 7) is 1.36. The number of carbonyl (C=O) groups excluding carboxylic acids is 1. The average Bonchev–Trinajstić information content (AvgIpc) is 3.19. The maximum absolute atomic E-state index is 13.8. The predicted octanol–water partition coefficient (Wildman–Crippen LogP) is 0.317. The average molecular weight is 342 g/mol. The SMILES string of the molecule is Cn1cc(CN2C[C@@H](F)C[C@H]2CNC(=O)[C@]2(O)CCSC2)cn1. The van der Waals surface area contributed by atoms with Crippen molar-refractivity contribution >= 4 is 17.7 Å². The molecule has 2 saturated heterocycles. The van der Waals surface area contributed by atoms with Crippen LogP contribution in [-0.2, 0) is 18.4 Å². The zero-order valence-electron chi connectivity index (χ0n) is 13.2. The Bertz CT molecular complexity index is 561. The molecule has 0 aliphatic carbocycles. The Balaban J connectivity index is 1.56. The molecule has 6 nitrogen and oxygen atoms in total. The van der Waals surface area contributed by atoms with Gasteiger partial charge in [-0.1, -0.05) is 0 Å². The first-order valence-corrected chi connectivity index (χ1v) is 9.06. The number of alkyl halides is 1. The molecule has 23 heavy (non-hydrogen) atoms. The Morgan fingerprint density at radius 1 is 1.65 bits per heavy atom. The van der Waals surface area contributed by atoms with Crippen LogP contribution in [-0.4, -0.2) is 68.1 Å². The number of amides is 1. The highest BCUT2D eigenvalue weighted by Crippen LogP contribution is 2.28. The predicted molar refractivity (Wildman–Crippen MR) is 86.8 cm³/mol. The van der Waals surface area contributed by atoms with Crippen LogP contribution in [0.5, 0.6) is 0 Å². The van der Waals surface area contributed by atoms with E-state index < -0.39 is 11.8 Å². The van der Waals surface area contributed by atoms with Gasteiger partial charge in [0.05, 0.1) is 6.20 Å². The summed E-state index contributed by atoms with van der Waals surface area (Å²) < 4.78 is 15.5. The second kappa shape index (κ2) is 6.78. The number of aromatic nitrogens is 2. The van der Waals surface area contributed by atoms with E-state index in [2.05, 4.69) is 10.4 Å². The fourth-order valence-electron chi connectivity index (χ4n) is 3.22. The number of thioether (sulfide) groups is 1. The zero-order chi connectivity index (χ0) is 16.4. The number of aryl methyl sites for hydroxylation is 1. The minimum absolute atomic E-state index is 0.0492. The fraction of sp³-hybridized carbons (Fsp3) is 0.733. The Labute approximate surface area is 139 Å². The van der Waals surface area contributed by atoms with Crippen molar-refractivity contribution in [3.05, 3.63) is 18.0 Å². The number of likely N-dealkylation sites (tertiary alicyclic amines) is 1. The van der Waals surface area contributed by atoms with Crippen molar-refractivity contribution in [1.82, 2.24) is 20.0 Å².